The van der Waals surface area contributed by atoms with E-state index in [-0.39, 0.29) is 23.8 Å². The fourth-order valence-electron chi connectivity index (χ4n) is 4.75. The van der Waals surface area contributed by atoms with Crippen molar-refractivity contribution in [3.8, 4) is 5.75 Å². The average Bonchev–Trinajstić information content (AvgIpc) is 2.83. The minimum atomic E-state index is -0.489. The predicted octanol–water partition coefficient (Wildman–Crippen LogP) is 5.40. The summed E-state index contributed by atoms with van der Waals surface area (Å²) in [5, 5.41) is 3.41. The second-order valence-corrected chi connectivity index (χ2v) is 8.83. The summed E-state index contributed by atoms with van der Waals surface area (Å²) in [6.07, 6.45) is 1.65. The zero-order chi connectivity index (χ0) is 23.5. The lowest BCUT2D eigenvalue weighted by Gasteiger charge is -2.37. The number of benzene rings is 2. The van der Waals surface area contributed by atoms with Crippen LogP contribution in [0.4, 0.5) is 0 Å². The van der Waals surface area contributed by atoms with Gasteiger partial charge in [-0.15, -0.1) is 0 Å². The van der Waals surface area contributed by atoms with E-state index in [0.717, 1.165) is 35.4 Å². The number of esters is 1. The number of methoxy groups -OCH3 is 1. The van der Waals surface area contributed by atoms with Gasteiger partial charge in [0.15, 0.2) is 5.78 Å². The molecular formula is C28H31NO4. The molecule has 33 heavy (non-hydrogen) atoms. The molecule has 1 aliphatic heterocycles. The first-order chi connectivity index (χ1) is 15.9. The van der Waals surface area contributed by atoms with Gasteiger partial charge in [-0.1, -0.05) is 49.4 Å². The molecule has 0 amide bonds. The van der Waals surface area contributed by atoms with Crippen molar-refractivity contribution in [2.24, 2.45) is 0 Å². The second-order valence-electron chi connectivity index (χ2n) is 8.83. The van der Waals surface area contributed by atoms with Crippen molar-refractivity contribution in [1.29, 1.82) is 0 Å². The Labute approximate surface area is 195 Å². The smallest absolute Gasteiger partial charge is 0.337 e. The predicted molar refractivity (Wildman–Crippen MR) is 128 cm³/mol. The largest absolute Gasteiger partial charge is 0.497 e. The summed E-state index contributed by atoms with van der Waals surface area (Å²) in [7, 11) is 1.61. The van der Waals surface area contributed by atoms with E-state index >= 15 is 0 Å². The van der Waals surface area contributed by atoms with Crippen molar-refractivity contribution in [2.45, 2.75) is 58.0 Å². The fourth-order valence-corrected chi connectivity index (χ4v) is 4.75. The van der Waals surface area contributed by atoms with E-state index in [1.807, 2.05) is 63.2 Å². The highest BCUT2D eigenvalue weighted by molar-refractivity contribution is 6.04. The first kappa shape index (κ1) is 22.8. The number of hydrogen-bond acceptors (Lipinski definition) is 5. The van der Waals surface area contributed by atoms with Crippen LogP contribution in [0.3, 0.4) is 0 Å². The molecule has 0 fully saturated rings. The third kappa shape index (κ3) is 4.58. The SMILES string of the molecule is CC[C@H](C)OC(=O)C1=C(C)NC2=C(C(=O)C[C@H](c3ccccc3)C2)[C@H]1c1cccc(OC)c1. The summed E-state index contributed by atoms with van der Waals surface area (Å²) in [6.45, 7) is 5.75. The molecule has 2 aliphatic rings. The number of ether oxygens (including phenoxy) is 2. The van der Waals surface area contributed by atoms with Gasteiger partial charge in [-0.25, -0.2) is 4.79 Å². The molecular weight excluding hydrogens is 414 g/mol. The van der Waals surface area contributed by atoms with Crippen molar-refractivity contribution in [2.75, 3.05) is 7.11 Å². The van der Waals surface area contributed by atoms with Gasteiger partial charge in [0.25, 0.3) is 0 Å². The van der Waals surface area contributed by atoms with Crippen LogP contribution in [-0.4, -0.2) is 25.0 Å². The van der Waals surface area contributed by atoms with Crippen molar-refractivity contribution >= 4 is 11.8 Å². The first-order valence-corrected chi connectivity index (χ1v) is 11.6. The maximum atomic E-state index is 13.6. The standard InChI is InChI=1S/C28H31NO4/c1-5-17(2)33-28(31)25-18(3)29-23-15-21(19-10-7-6-8-11-19)16-24(30)27(23)26(25)20-12-9-13-22(14-20)32-4/h6-14,17,21,26,29H,5,15-16H2,1-4H3/t17-,21+,26-/m0/s1. The van der Waals surface area contributed by atoms with Crippen LogP contribution in [0.5, 0.6) is 5.75 Å². The van der Waals surface area contributed by atoms with E-state index in [4.69, 9.17) is 9.47 Å². The number of rotatable bonds is 6. The molecule has 0 unspecified atom stereocenters. The summed E-state index contributed by atoms with van der Waals surface area (Å²) in [4.78, 5) is 26.9. The third-order valence-electron chi connectivity index (χ3n) is 6.63. The van der Waals surface area contributed by atoms with Crippen LogP contribution in [-0.2, 0) is 14.3 Å². The molecule has 2 aromatic rings. The topological polar surface area (TPSA) is 64.6 Å². The number of carbonyl (C=O) groups is 2. The molecule has 1 N–H and O–H groups in total. The Balaban J connectivity index is 1.80. The zero-order valence-corrected chi connectivity index (χ0v) is 19.7. The van der Waals surface area contributed by atoms with Gasteiger partial charge < -0.3 is 14.8 Å². The third-order valence-corrected chi connectivity index (χ3v) is 6.63. The average molecular weight is 446 g/mol. The van der Waals surface area contributed by atoms with Gasteiger partial charge in [0.2, 0.25) is 0 Å². The quantitative estimate of drug-likeness (QED) is 0.603. The normalized spacial score (nSPS) is 21.3. The monoisotopic (exact) mass is 445 g/mol. The summed E-state index contributed by atoms with van der Waals surface area (Å²) < 4.78 is 11.2. The second kappa shape index (κ2) is 9.65. The van der Waals surface area contributed by atoms with E-state index in [0.29, 0.717) is 23.3 Å². The number of nitrogens with one attached hydrogen (secondary N) is 1. The molecule has 5 nitrogen and oxygen atoms in total. The van der Waals surface area contributed by atoms with Gasteiger partial charge in [-0.2, -0.15) is 0 Å². The van der Waals surface area contributed by atoms with Crippen LogP contribution in [0.15, 0.2) is 77.1 Å². The number of hydrogen-bond donors (Lipinski definition) is 1. The molecule has 0 bridgehead atoms. The Hall–Kier alpha value is -3.34. The lowest BCUT2D eigenvalue weighted by molar-refractivity contribution is -0.144. The zero-order valence-electron chi connectivity index (χ0n) is 19.7. The van der Waals surface area contributed by atoms with Crippen LogP contribution >= 0.6 is 0 Å². The molecule has 1 aliphatic carbocycles. The van der Waals surface area contributed by atoms with Crippen LogP contribution in [0.2, 0.25) is 0 Å². The van der Waals surface area contributed by atoms with Crippen LogP contribution in [0.1, 0.15) is 63.0 Å². The maximum absolute atomic E-state index is 13.6. The van der Waals surface area contributed by atoms with Gasteiger partial charge in [-0.3, -0.25) is 4.79 Å². The van der Waals surface area contributed by atoms with E-state index in [1.165, 1.54) is 0 Å². The van der Waals surface area contributed by atoms with Gasteiger partial charge in [0, 0.05) is 29.3 Å². The van der Waals surface area contributed by atoms with Crippen molar-refractivity contribution < 1.29 is 19.1 Å². The van der Waals surface area contributed by atoms with Gasteiger partial charge >= 0.3 is 5.97 Å². The van der Waals surface area contributed by atoms with Crippen LogP contribution in [0.25, 0.3) is 0 Å². The van der Waals surface area contributed by atoms with Crippen LogP contribution in [0, 0.1) is 0 Å². The lowest BCUT2D eigenvalue weighted by Crippen LogP contribution is -2.36. The molecule has 3 atom stereocenters. The summed E-state index contributed by atoms with van der Waals surface area (Å²) in [6, 6.07) is 17.7. The van der Waals surface area contributed by atoms with Gasteiger partial charge in [0.1, 0.15) is 5.75 Å². The Morgan fingerprint density at radius 3 is 2.52 bits per heavy atom. The molecule has 0 radical (unpaired) electrons. The number of allylic oxidation sites excluding steroid dienone is 3. The van der Waals surface area contributed by atoms with Crippen molar-refractivity contribution in [1.82, 2.24) is 5.32 Å². The molecule has 5 heteroatoms. The highest BCUT2D eigenvalue weighted by Gasteiger charge is 2.41. The van der Waals surface area contributed by atoms with E-state index < -0.39 is 5.92 Å². The van der Waals surface area contributed by atoms with Crippen molar-refractivity contribution in [3.63, 3.8) is 0 Å². The minimum Gasteiger partial charge on any atom is -0.497 e. The number of Topliss-reactive ketones (excluding diaryl/α,β-unsaturated/α-hetero) is 1. The van der Waals surface area contributed by atoms with E-state index in [1.54, 1.807) is 7.11 Å². The Morgan fingerprint density at radius 2 is 1.82 bits per heavy atom. The Morgan fingerprint density at radius 1 is 1.09 bits per heavy atom. The first-order valence-electron chi connectivity index (χ1n) is 11.6. The van der Waals surface area contributed by atoms with Crippen molar-refractivity contribution in [3.05, 3.63) is 88.3 Å². The molecule has 1 heterocycles. The van der Waals surface area contributed by atoms with E-state index in [9.17, 15) is 9.59 Å². The van der Waals surface area contributed by atoms with Gasteiger partial charge in [-0.05, 0) is 55.9 Å². The molecule has 2 aromatic carbocycles. The number of ketones is 1. The summed E-state index contributed by atoms with van der Waals surface area (Å²) in [5.41, 5.74) is 4.79. The number of dihydropyridines is 1. The highest BCUT2D eigenvalue weighted by Crippen LogP contribution is 2.46. The van der Waals surface area contributed by atoms with Crippen LogP contribution < -0.4 is 10.1 Å². The molecule has 0 spiro atoms. The minimum absolute atomic E-state index is 0.0618. The molecule has 0 aromatic heterocycles. The van der Waals surface area contributed by atoms with Gasteiger partial charge in [0.05, 0.1) is 18.8 Å². The molecule has 4 rings (SSSR count). The summed E-state index contributed by atoms with van der Waals surface area (Å²) >= 11 is 0. The Bertz CT molecular complexity index is 1120. The number of carbonyl (C=O) groups excluding carboxylic acids is 2. The van der Waals surface area contributed by atoms with E-state index in [2.05, 4.69) is 17.4 Å². The highest BCUT2D eigenvalue weighted by atomic mass is 16.5. The summed E-state index contributed by atoms with van der Waals surface area (Å²) in [5.74, 6) is -0.0150. The molecule has 172 valence electrons. The maximum Gasteiger partial charge on any atom is 0.337 e. The molecule has 0 saturated heterocycles. The molecule has 0 saturated carbocycles. The lowest BCUT2D eigenvalue weighted by atomic mass is 9.71. The Kier molecular flexibility index (Phi) is 6.68. The fraction of sp³-hybridized carbons (Fsp3) is 0.357.